The SMILES string of the molecule is CC1CCCC1NS(=O)(=O)c1cc(Cl)cc(CO)c1Cl. The lowest BCUT2D eigenvalue weighted by Gasteiger charge is -2.18. The summed E-state index contributed by atoms with van der Waals surface area (Å²) in [6.45, 7) is 1.67. The van der Waals surface area contributed by atoms with Crippen molar-refractivity contribution in [3.63, 3.8) is 0 Å². The number of aliphatic hydroxyl groups is 1. The van der Waals surface area contributed by atoms with E-state index in [-0.39, 0.29) is 27.6 Å². The molecule has 112 valence electrons. The highest BCUT2D eigenvalue weighted by atomic mass is 35.5. The average Bonchev–Trinajstić information content (AvgIpc) is 2.76. The molecule has 0 bridgehead atoms. The Bertz CT molecular complexity index is 604. The van der Waals surface area contributed by atoms with E-state index in [1.807, 2.05) is 6.92 Å². The topological polar surface area (TPSA) is 66.4 Å². The number of nitrogens with one attached hydrogen (secondary N) is 1. The van der Waals surface area contributed by atoms with E-state index >= 15 is 0 Å². The zero-order valence-electron chi connectivity index (χ0n) is 11.1. The molecule has 1 aliphatic carbocycles. The van der Waals surface area contributed by atoms with Gasteiger partial charge in [0.05, 0.1) is 11.6 Å². The van der Waals surface area contributed by atoms with Crippen LogP contribution in [-0.4, -0.2) is 19.6 Å². The quantitative estimate of drug-likeness (QED) is 0.887. The molecule has 0 spiro atoms. The fraction of sp³-hybridized carbons (Fsp3) is 0.538. The summed E-state index contributed by atoms with van der Waals surface area (Å²) in [4.78, 5) is -0.0742. The van der Waals surface area contributed by atoms with Crippen LogP contribution in [0.1, 0.15) is 31.7 Å². The van der Waals surface area contributed by atoms with Gasteiger partial charge in [-0.1, -0.05) is 36.5 Å². The van der Waals surface area contributed by atoms with Crippen LogP contribution in [0.4, 0.5) is 0 Å². The first-order chi connectivity index (χ1) is 9.35. The molecule has 0 aromatic heterocycles. The van der Waals surface area contributed by atoms with Crippen molar-refractivity contribution in [1.29, 1.82) is 0 Å². The van der Waals surface area contributed by atoms with E-state index in [4.69, 9.17) is 23.2 Å². The van der Waals surface area contributed by atoms with Gasteiger partial charge in [-0.25, -0.2) is 13.1 Å². The minimum Gasteiger partial charge on any atom is -0.392 e. The van der Waals surface area contributed by atoms with Crippen LogP contribution in [0.3, 0.4) is 0 Å². The largest absolute Gasteiger partial charge is 0.392 e. The van der Waals surface area contributed by atoms with Gasteiger partial charge in [0.15, 0.2) is 0 Å². The molecule has 2 N–H and O–H groups in total. The van der Waals surface area contributed by atoms with Crippen LogP contribution in [-0.2, 0) is 16.6 Å². The monoisotopic (exact) mass is 337 g/mol. The van der Waals surface area contributed by atoms with Crippen LogP contribution in [0, 0.1) is 5.92 Å². The highest BCUT2D eigenvalue weighted by molar-refractivity contribution is 7.89. The summed E-state index contributed by atoms with van der Waals surface area (Å²) < 4.78 is 27.6. The molecule has 1 saturated carbocycles. The van der Waals surface area contributed by atoms with Crippen LogP contribution in [0.2, 0.25) is 10.0 Å². The summed E-state index contributed by atoms with van der Waals surface area (Å²) in [6, 6.07) is 2.69. The van der Waals surface area contributed by atoms with Crippen molar-refractivity contribution in [3.8, 4) is 0 Å². The van der Waals surface area contributed by atoms with Gasteiger partial charge in [-0.15, -0.1) is 0 Å². The number of aliphatic hydroxyl groups excluding tert-OH is 1. The molecule has 2 rings (SSSR count). The third-order valence-electron chi connectivity index (χ3n) is 3.71. The first-order valence-corrected chi connectivity index (χ1v) is 8.70. The molecule has 0 amide bonds. The van der Waals surface area contributed by atoms with Crippen LogP contribution in [0.25, 0.3) is 0 Å². The van der Waals surface area contributed by atoms with Crippen molar-refractivity contribution in [1.82, 2.24) is 4.72 Å². The predicted molar refractivity (Wildman–Crippen MR) is 79.5 cm³/mol. The molecule has 0 radical (unpaired) electrons. The second-order valence-corrected chi connectivity index (χ2v) is 7.67. The molecular weight excluding hydrogens is 321 g/mol. The third kappa shape index (κ3) is 3.28. The minimum atomic E-state index is -3.74. The summed E-state index contributed by atoms with van der Waals surface area (Å²) in [7, 11) is -3.74. The lowest BCUT2D eigenvalue weighted by molar-refractivity contribution is 0.281. The van der Waals surface area contributed by atoms with Gasteiger partial charge in [0.1, 0.15) is 4.90 Å². The van der Waals surface area contributed by atoms with Gasteiger partial charge in [-0.05, 0) is 36.5 Å². The summed E-state index contributed by atoms with van der Waals surface area (Å²) in [5, 5.41) is 9.46. The minimum absolute atomic E-state index is 0.0232. The van der Waals surface area contributed by atoms with Crippen molar-refractivity contribution in [2.75, 3.05) is 0 Å². The first-order valence-electron chi connectivity index (χ1n) is 6.46. The molecule has 1 aromatic rings. The number of rotatable bonds is 4. The Balaban J connectivity index is 2.36. The van der Waals surface area contributed by atoms with E-state index in [2.05, 4.69) is 4.72 Å². The Kier molecular flexibility index (Phi) is 4.97. The third-order valence-corrected chi connectivity index (χ3v) is 6.00. The van der Waals surface area contributed by atoms with Gasteiger partial charge in [0.2, 0.25) is 10.0 Å². The van der Waals surface area contributed by atoms with Crippen molar-refractivity contribution >= 4 is 33.2 Å². The molecule has 1 aromatic carbocycles. The van der Waals surface area contributed by atoms with E-state index in [1.54, 1.807) is 0 Å². The predicted octanol–water partition coefficient (Wildman–Crippen LogP) is 2.95. The van der Waals surface area contributed by atoms with E-state index in [1.165, 1.54) is 12.1 Å². The molecule has 2 unspecified atom stereocenters. The van der Waals surface area contributed by atoms with Crippen molar-refractivity contribution < 1.29 is 13.5 Å². The molecule has 1 fully saturated rings. The molecule has 4 nitrogen and oxygen atoms in total. The summed E-state index contributed by atoms with van der Waals surface area (Å²) in [5.74, 6) is 0.306. The second-order valence-electron chi connectivity index (χ2n) is 5.17. The Morgan fingerprint density at radius 1 is 1.35 bits per heavy atom. The lowest BCUT2D eigenvalue weighted by atomic mass is 10.1. The van der Waals surface area contributed by atoms with Crippen molar-refractivity contribution in [2.24, 2.45) is 5.92 Å². The smallest absolute Gasteiger partial charge is 0.242 e. The molecule has 7 heteroatoms. The number of hydrogen-bond donors (Lipinski definition) is 2. The molecule has 20 heavy (non-hydrogen) atoms. The van der Waals surface area contributed by atoms with Gasteiger partial charge in [-0.2, -0.15) is 0 Å². The van der Waals surface area contributed by atoms with Gasteiger partial charge < -0.3 is 5.11 Å². The molecule has 2 atom stereocenters. The summed E-state index contributed by atoms with van der Waals surface area (Å²) in [5.41, 5.74) is 0.305. The fourth-order valence-corrected chi connectivity index (χ4v) is 4.82. The Hall–Kier alpha value is -0.330. The maximum absolute atomic E-state index is 12.4. The highest BCUT2D eigenvalue weighted by Gasteiger charge is 2.30. The van der Waals surface area contributed by atoms with Crippen LogP contribution in [0.5, 0.6) is 0 Å². The van der Waals surface area contributed by atoms with Crippen LogP contribution in [0.15, 0.2) is 17.0 Å². The van der Waals surface area contributed by atoms with Gasteiger partial charge in [0.25, 0.3) is 0 Å². The van der Waals surface area contributed by atoms with E-state index in [0.29, 0.717) is 11.5 Å². The van der Waals surface area contributed by atoms with Gasteiger partial charge in [0, 0.05) is 11.1 Å². The standard InChI is InChI=1S/C13H17Cl2NO3S/c1-8-3-2-4-11(8)16-20(18,19)12-6-10(14)5-9(7-17)13(12)15/h5-6,8,11,16-17H,2-4,7H2,1H3. The second kappa shape index (κ2) is 6.20. The molecule has 0 aliphatic heterocycles. The van der Waals surface area contributed by atoms with Crippen molar-refractivity contribution in [3.05, 3.63) is 27.7 Å². The molecule has 1 aliphatic rings. The fourth-order valence-electron chi connectivity index (χ4n) is 2.51. The first kappa shape index (κ1) is 16.0. The average molecular weight is 338 g/mol. The van der Waals surface area contributed by atoms with Crippen molar-refractivity contribution in [2.45, 2.75) is 43.7 Å². The normalized spacial score (nSPS) is 23.2. The molecule has 0 heterocycles. The Morgan fingerprint density at radius 2 is 2.05 bits per heavy atom. The summed E-state index contributed by atoms with van der Waals surface area (Å²) >= 11 is 11.9. The lowest BCUT2D eigenvalue weighted by Crippen LogP contribution is -2.36. The zero-order chi connectivity index (χ0) is 14.9. The Morgan fingerprint density at radius 3 is 2.60 bits per heavy atom. The van der Waals surface area contributed by atoms with E-state index in [0.717, 1.165) is 19.3 Å². The maximum atomic E-state index is 12.4. The van der Waals surface area contributed by atoms with E-state index < -0.39 is 10.0 Å². The van der Waals surface area contributed by atoms with Gasteiger partial charge >= 0.3 is 0 Å². The summed E-state index contributed by atoms with van der Waals surface area (Å²) in [6.07, 6.45) is 2.85. The van der Waals surface area contributed by atoms with E-state index in [9.17, 15) is 13.5 Å². The number of hydrogen-bond acceptors (Lipinski definition) is 3. The zero-order valence-corrected chi connectivity index (χ0v) is 13.4. The molecular formula is C13H17Cl2NO3S. The molecule has 0 saturated heterocycles. The number of halogens is 2. The van der Waals surface area contributed by atoms with Crippen LogP contribution < -0.4 is 4.72 Å². The van der Waals surface area contributed by atoms with Gasteiger partial charge in [-0.3, -0.25) is 0 Å². The highest BCUT2D eigenvalue weighted by Crippen LogP contribution is 2.31. The van der Waals surface area contributed by atoms with Crippen LogP contribution >= 0.6 is 23.2 Å². The number of benzene rings is 1. The maximum Gasteiger partial charge on any atom is 0.242 e. The number of sulfonamides is 1. The Labute approximate surface area is 129 Å².